The van der Waals surface area contributed by atoms with Gasteiger partial charge in [0.05, 0.1) is 19.8 Å². The topological polar surface area (TPSA) is 70.5 Å². The molecule has 86 valence electrons. The van der Waals surface area contributed by atoms with Gasteiger partial charge in [-0.15, -0.1) is 0 Å². The molecule has 1 aromatic heterocycles. The van der Waals surface area contributed by atoms with E-state index >= 15 is 0 Å². The maximum atomic E-state index is 5.49. The quantitative estimate of drug-likeness (QED) is 0.720. The zero-order valence-corrected chi connectivity index (χ0v) is 9.45. The van der Waals surface area contributed by atoms with Crippen LogP contribution < -0.4 is 5.73 Å². The van der Waals surface area contributed by atoms with Crippen LogP contribution in [-0.4, -0.2) is 32.1 Å². The minimum Gasteiger partial charge on any atom is -0.382 e. The Kier molecular flexibility index (Phi) is 4.11. The van der Waals surface area contributed by atoms with Crippen LogP contribution in [0.3, 0.4) is 0 Å². The smallest absolute Gasteiger partial charge is 0.167 e. The third kappa shape index (κ3) is 3.53. The lowest BCUT2D eigenvalue weighted by Crippen LogP contribution is -2.24. The SMILES string of the molecule is COCCOCC(C)(C)c1cc(N)no1. The van der Waals surface area contributed by atoms with Gasteiger partial charge in [0.25, 0.3) is 0 Å². The van der Waals surface area contributed by atoms with E-state index in [1.54, 1.807) is 13.2 Å². The first-order valence-electron chi connectivity index (χ1n) is 4.85. The van der Waals surface area contributed by atoms with Crippen molar-refractivity contribution >= 4 is 5.82 Å². The molecule has 1 heterocycles. The molecule has 0 fully saturated rings. The number of rotatable bonds is 6. The number of methoxy groups -OCH3 is 1. The minimum atomic E-state index is -0.224. The van der Waals surface area contributed by atoms with Gasteiger partial charge in [-0.05, 0) is 0 Å². The van der Waals surface area contributed by atoms with Crippen molar-refractivity contribution in [3.8, 4) is 0 Å². The van der Waals surface area contributed by atoms with Crippen molar-refractivity contribution in [1.29, 1.82) is 0 Å². The lowest BCUT2D eigenvalue weighted by atomic mass is 9.91. The second kappa shape index (κ2) is 5.14. The summed E-state index contributed by atoms with van der Waals surface area (Å²) < 4.78 is 15.4. The van der Waals surface area contributed by atoms with Crippen molar-refractivity contribution in [2.45, 2.75) is 19.3 Å². The molecule has 15 heavy (non-hydrogen) atoms. The first-order chi connectivity index (χ1) is 7.06. The number of ether oxygens (including phenoxy) is 2. The maximum absolute atomic E-state index is 5.49. The van der Waals surface area contributed by atoms with Gasteiger partial charge in [-0.3, -0.25) is 0 Å². The highest BCUT2D eigenvalue weighted by atomic mass is 16.5. The molecule has 2 N–H and O–H groups in total. The average Bonchev–Trinajstić information content (AvgIpc) is 2.60. The Morgan fingerprint density at radius 3 is 2.73 bits per heavy atom. The third-order valence-electron chi connectivity index (χ3n) is 2.09. The second-order valence-corrected chi connectivity index (χ2v) is 4.05. The van der Waals surface area contributed by atoms with Gasteiger partial charge in [0.1, 0.15) is 5.76 Å². The molecule has 0 amide bonds. The molecule has 0 unspecified atom stereocenters. The van der Waals surface area contributed by atoms with Crippen LogP contribution in [-0.2, 0) is 14.9 Å². The standard InChI is InChI=1S/C10H18N2O3/c1-10(2,7-14-5-4-13-3)8-6-9(11)12-15-8/h6H,4-5,7H2,1-3H3,(H2,11,12). The summed E-state index contributed by atoms with van der Waals surface area (Å²) in [6.07, 6.45) is 0. The Balaban J connectivity index is 2.44. The van der Waals surface area contributed by atoms with Gasteiger partial charge >= 0.3 is 0 Å². The summed E-state index contributed by atoms with van der Waals surface area (Å²) in [6.45, 7) is 5.74. The molecule has 0 aliphatic carbocycles. The zero-order valence-electron chi connectivity index (χ0n) is 9.45. The number of hydrogen-bond acceptors (Lipinski definition) is 5. The molecule has 0 aromatic carbocycles. The highest BCUT2D eigenvalue weighted by Gasteiger charge is 2.25. The van der Waals surface area contributed by atoms with Crippen molar-refractivity contribution in [2.75, 3.05) is 32.7 Å². The fourth-order valence-corrected chi connectivity index (χ4v) is 1.15. The van der Waals surface area contributed by atoms with Crippen molar-refractivity contribution in [2.24, 2.45) is 0 Å². The molecule has 0 radical (unpaired) electrons. The Hall–Kier alpha value is -1.07. The Morgan fingerprint density at radius 1 is 1.47 bits per heavy atom. The van der Waals surface area contributed by atoms with E-state index in [2.05, 4.69) is 5.16 Å². The molecule has 0 aliphatic rings. The second-order valence-electron chi connectivity index (χ2n) is 4.05. The summed E-state index contributed by atoms with van der Waals surface area (Å²) in [5.74, 6) is 1.13. The maximum Gasteiger partial charge on any atom is 0.167 e. The molecule has 0 atom stereocenters. The average molecular weight is 214 g/mol. The highest BCUT2D eigenvalue weighted by Crippen LogP contribution is 2.24. The normalized spacial score (nSPS) is 11.9. The lowest BCUT2D eigenvalue weighted by molar-refractivity contribution is 0.0427. The number of nitrogens with two attached hydrogens (primary N) is 1. The van der Waals surface area contributed by atoms with Gasteiger partial charge in [0.2, 0.25) is 0 Å². The van der Waals surface area contributed by atoms with Crippen LogP contribution in [0.1, 0.15) is 19.6 Å². The molecule has 0 spiro atoms. The molecule has 0 aliphatic heterocycles. The third-order valence-corrected chi connectivity index (χ3v) is 2.09. The van der Waals surface area contributed by atoms with Crippen LogP contribution >= 0.6 is 0 Å². The van der Waals surface area contributed by atoms with Crippen LogP contribution in [0, 0.1) is 0 Å². The summed E-state index contributed by atoms with van der Waals surface area (Å²) in [5.41, 5.74) is 5.26. The molecule has 0 saturated carbocycles. The van der Waals surface area contributed by atoms with E-state index in [0.717, 1.165) is 5.76 Å². The highest BCUT2D eigenvalue weighted by molar-refractivity contribution is 5.29. The number of nitrogen functional groups attached to an aromatic ring is 1. The van der Waals surface area contributed by atoms with Crippen LogP contribution in [0.5, 0.6) is 0 Å². The van der Waals surface area contributed by atoms with Crippen LogP contribution in [0.4, 0.5) is 5.82 Å². The first kappa shape index (κ1) is 12.0. The van der Waals surface area contributed by atoms with Gasteiger partial charge in [-0.1, -0.05) is 19.0 Å². The lowest BCUT2D eigenvalue weighted by Gasteiger charge is -2.20. The van der Waals surface area contributed by atoms with E-state index in [1.807, 2.05) is 13.8 Å². The molecule has 5 heteroatoms. The monoisotopic (exact) mass is 214 g/mol. The minimum absolute atomic E-state index is 0.224. The molecular formula is C10H18N2O3. The summed E-state index contributed by atoms with van der Waals surface area (Å²) >= 11 is 0. The fraction of sp³-hybridized carbons (Fsp3) is 0.700. The largest absolute Gasteiger partial charge is 0.382 e. The molecule has 5 nitrogen and oxygen atoms in total. The number of hydrogen-bond donors (Lipinski definition) is 1. The fourth-order valence-electron chi connectivity index (χ4n) is 1.15. The van der Waals surface area contributed by atoms with Crippen molar-refractivity contribution in [1.82, 2.24) is 5.16 Å². The van der Waals surface area contributed by atoms with E-state index in [1.165, 1.54) is 0 Å². The molecular weight excluding hydrogens is 196 g/mol. The van der Waals surface area contributed by atoms with Crippen molar-refractivity contribution in [3.05, 3.63) is 11.8 Å². The Morgan fingerprint density at radius 2 is 2.20 bits per heavy atom. The van der Waals surface area contributed by atoms with Crippen molar-refractivity contribution < 1.29 is 14.0 Å². The predicted molar refractivity (Wildman–Crippen MR) is 56.6 cm³/mol. The summed E-state index contributed by atoms with van der Waals surface area (Å²) in [7, 11) is 1.64. The van der Waals surface area contributed by atoms with Gasteiger partial charge in [0.15, 0.2) is 5.82 Å². The van der Waals surface area contributed by atoms with Gasteiger partial charge < -0.3 is 19.7 Å². The van der Waals surface area contributed by atoms with E-state index in [9.17, 15) is 0 Å². The van der Waals surface area contributed by atoms with Crippen LogP contribution in [0.15, 0.2) is 10.6 Å². The molecule has 0 bridgehead atoms. The van der Waals surface area contributed by atoms with Crippen LogP contribution in [0.2, 0.25) is 0 Å². The number of anilines is 1. The number of aromatic nitrogens is 1. The van der Waals surface area contributed by atoms with Crippen LogP contribution in [0.25, 0.3) is 0 Å². The Labute approximate surface area is 89.5 Å². The molecule has 1 rings (SSSR count). The molecule has 1 aromatic rings. The first-order valence-corrected chi connectivity index (χ1v) is 4.85. The number of nitrogens with zero attached hydrogens (tertiary/aromatic N) is 1. The van der Waals surface area contributed by atoms with E-state index in [4.69, 9.17) is 19.7 Å². The predicted octanol–water partition coefficient (Wildman–Crippen LogP) is 1.20. The van der Waals surface area contributed by atoms with E-state index in [0.29, 0.717) is 25.6 Å². The van der Waals surface area contributed by atoms with Gasteiger partial charge in [0, 0.05) is 18.6 Å². The zero-order chi connectivity index (χ0) is 11.3. The Bertz CT molecular complexity index is 297. The van der Waals surface area contributed by atoms with Gasteiger partial charge in [-0.25, -0.2) is 0 Å². The summed E-state index contributed by atoms with van der Waals surface area (Å²) in [5, 5.41) is 3.65. The van der Waals surface area contributed by atoms with Crippen molar-refractivity contribution in [3.63, 3.8) is 0 Å². The summed E-state index contributed by atoms with van der Waals surface area (Å²) in [6, 6.07) is 1.72. The van der Waals surface area contributed by atoms with Gasteiger partial charge in [-0.2, -0.15) is 0 Å². The molecule has 0 saturated heterocycles. The summed E-state index contributed by atoms with van der Waals surface area (Å²) in [4.78, 5) is 0. The van der Waals surface area contributed by atoms with E-state index < -0.39 is 0 Å². The van der Waals surface area contributed by atoms with E-state index in [-0.39, 0.29) is 5.41 Å².